The summed E-state index contributed by atoms with van der Waals surface area (Å²) in [5, 5.41) is 2.81. The lowest BCUT2D eigenvalue weighted by molar-refractivity contribution is 0.0947. The minimum absolute atomic E-state index is 0.155. The van der Waals surface area contributed by atoms with Gasteiger partial charge in [-0.3, -0.25) is 9.78 Å². The smallest absolute Gasteiger partial charge is 0.271 e. The van der Waals surface area contributed by atoms with Crippen LogP contribution in [0.25, 0.3) is 0 Å². The number of nitrogens with one attached hydrogen (secondary N) is 1. The van der Waals surface area contributed by atoms with Crippen molar-refractivity contribution < 1.29 is 4.79 Å². The second kappa shape index (κ2) is 6.90. The molecular weight excluding hydrogens is 204 g/mol. The molecule has 1 heterocycles. The van der Waals surface area contributed by atoms with Crippen molar-refractivity contribution in [3.05, 3.63) is 24.3 Å². The Morgan fingerprint density at radius 3 is 2.81 bits per heavy atom. The van der Waals surface area contributed by atoms with Crippen molar-refractivity contribution in [3.8, 4) is 0 Å². The SMILES string of the molecule is CN(C)CCCCNC(=O)c1cnccn1. The fourth-order valence-electron chi connectivity index (χ4n) is 1.26. The Kier molecular flexibility index (Phi) is 5.42. The summed E-state index contributed by atoms with van der Waals surface area (Å²) in [4.78, 5) is 21.4. The zero-order valence-electron chi connectivity index (χ0n) is 9.81. The molecule has 1 N–H and O–H groups in total. The predicted molar refractivity (Wildman–Crippen MR) is 62.2 cm³/mol. The molecule has 1 rings (SSSR count). The van der Waals surface area contributed by atoms with Crippen LogP contribution in [0.1, 0.15) is 23.3 Å². The van der Waals surface area contributed by atoms with Crippen LogP contribution in [-0.2, 0) is 0 Å². The van der Waals surface area contributed by atoms with Gasteiger partial charge >= 0.3 is 0 Å². The Labute approximate surface area is 95.9 Å². The molecule has 0 aliphatic heterocycles. The van der Waals surface area contributed by atoms with E-state index in [1.807, 2.05) is 14.1 Å². The van der Waals surface area contributed by atoms with E-state index in [0.29, 0.717) is 12.2 Å². The minimum atomic E-state index is -0.155. The van der Waals surface area contributed by atoms with Crippen molar-refractivity contribution in [2.75, 3.05) is 27.2 Å². The maximum absolute atomic E-state index is 11.5. The number of rotatable bonds is 6. The lowest BCUT2D eigenvalue weighted by Gasteiger charge is -2.09. The summed E-state index contributed by atoms with van der Waals surface area (Å²) in [6, 6.07) is 0. The predicted octanol–water partition coefficient (Wildman–Crippen LogP) is 0.548. The molecule has 0 bridgehead atoms. The van der Waals surface area contributed by atoms with Gasteiger partial charge in [0.05, 0.1) is 6.20 Å². The van der Waals surface area contributed by atoms with Crippen molar-refractivity contribution in [1.29, 1.82) is 0 Å². The maximum atomic E-state index is 11.5. The molecule has 1 aromatic rings. The molecule has 0 fully saturated rings. The van der Waals surface area contributed by atoms with Gasteiger partial charge in [-0.15, -0.1) is 0 Å². The first-order valence-electron chi connectivity index (χ1n) is 5.39. The van der Waals surface area contributed by atoms with Crippen molar-refractivity contribution in [2.24, 2.45) is 0 Å². The highest BCUT2D eigenvalue weighted by Crippen LogP contribution is 1.92. The standard InChI is InChI=1S/C11H18N4O/c1-15(2)8-4-3-5-14-11(16)10-9-12-6-7-13-10/h6-7,9H,3-5,8H2,1-2H3,(H,14,16). The summed E-state index contributed by atoms with van der Waals surface area (Å²) in [6.07, 6.45) is 6.59. The molecule has 5 nitrogen and oxygen atoms in total. The number of nitrogens with zero attached hydrogens (tertiary/aromatic N) is 3. The van der Waals surface area contributed by atoms with Crippen LogP contribution in [0.2, 0.25) is 0 Å². The Morgan fingerprint density at radius 2 is 2.19 bits per heavy atom. The number of unbranched alkanes of at least 4 members (excludes halogenated alkanes) is 1. The van der Waals surface area contributed by atoms with Gasteiger partial charge in [0.2, 0.25) is 0 Å². The van der Waals surface area contributed by atoms with Gasteiger partial charge < -0.3 is 10.2 Å². The van der Waals surface area contributed by atoms with Crippen LogP contribution in [0.5, 0.6) is 0 Å². The third kappa shape index (κ3) is 4.84. The van der Waals surface area contributed by atoms with Crippen LogP contribution >= 0.6 is 0 Å². The molecular formula is C11H18N4O. The summed E-state index contributed by atoms with van der Waals surface area (Å²) in [6.45, 7) is 1.73. The van der Waals surface area contributed by atoms with E-state index in [9.17, 15) is 4.79 Å². The largest absolute Gasteiger partial charge is 0.351 e. The van der Waals surface area contributed by atoms with Crippen molar-refractivity contribution >= 4 is 5.91 Å². The van der Waals surface area contributed by atoms with Gasteiger partial charge in [-0.05, 0) is 33.5 Å². The molecule has 0 radical (unpaired) electrons. The Hall–Kier alpha value is -1.49. The summed E-state index contributed by atoms with van der Waals surface area (Å²) >= 11 is 0. The van der Waals surface area contributed by atoms with Crippen LogP contribution in [0.15, 0.2) is 18.6 Å². The molecule has 0 atom stereocenters. The number of amides is 1. The van der Waals surface area contributed by atoms with Crippen LogP contribution in [-0.4, -0.2) is 48.0 Å². The highest BCUT2D eigenvalue weighted by molar-refractivity contribution is 5.91. The molecule has 88 valence electrons. The molecule has 1 amide bonds. The van der Waals surface area contributed by atoms with Gasteiger partial charge in [0.1, 0.15) is 5.69 Å². The average Bonchev–Trinajstić information content (AvgIpc) is 2.29. The fraction of sp³-hybridized carbons (Fsp3) is 0.545. The van der Waals surface area contributed by atoms with Crippen LogP contribution in [0.4, 0.5) is 0 Å². The molecule has 0 saturated carbocycles. The average molecular weight is 222 g/mol. The van der Waals surface area contributed by atoms with Crippen LogP contribution in [0.3, 0.4) is 0 Å². The lowest BCUT2D eigenvalue weighted by Crippen LogP contribution is -2.26. The number of carbonyl (C=O) groups excluding carboxylic acids is 1. The van der Waals surface area contributed by atoms with Crippen molar-refractivity contribution in [3.63, 3.8) is 0 Å². The van der Waals surface area contributed by atoms with Gasteiger partial charge in [-0.2, -0.15) is 0 Å². The van der Waals surface area contributed by atoms with Gasteiger partial charge in [0.15, 0.2) is 0 Å². The number of aromatic nitrogens is 2. The van der Waals surface area contributed by atoms with Gasteiger partial charge in [0, 0.05) is 18.9 Å². The van der Waals surface area contributed by atoms with Crippen LogP contribution < -0.4 is 5.32 Å². The second-order valence-corrected chi connectivity index (χ2v) is 3.86. The molecule has 0 spiro atoms. The fourth-order valence-corrected chi connectivity index (χ4v) is 1.26. The molecule has 0 unspecified atom stereocenters. The number of hydrogen-bond acceptors (Lipinski definition) is 4. The van der Waals surface area contributed by atoms with Crippen molar-refractivity contribution in [1.82, 2.24) is 20.2 Å². The van der Waals surface area contributed by atoms with E-state index in [-0.39, 0.29) is 5.91 Å². The Morgan fingerprint density at radius 1 is 1.38 bits per heavy atom. The van der Waals surface area contributed by atoms with E-state index in [4.69, 9.17) is 0 Å². The van der Waals surface area contributed by atoms with E-state index in [1.54, 1.807) is 6.20 Å². The molecule has 1 aromatic heterocycles. The summed E-state index contributed by atoms with van der Waals surface area (Å²) < 4.78 is 0. The van der Waals surface area contributed by atoms with Gasteiger partial charge in [0.25, 0.3) is 5.91 Å². The second-order valence-electron chi connectivity index (χ2n) is 3.86. The van der Waals surface area contributed by atoms with E-state index in [1.165, 1.54) is 12.4 Å². The monoisotopic (exact) mass is 222 g/mol. The lowest BCUT2D eigenvalue weighted by atomic mass is 10.3. The number of carbonyl (C=O) groups is 1. The van der Waals surface area contributed by atoms with E-state index >= 15 is 0 Å². The quantitative estimate of drug-likeness (QED) is 0.714. The first-order valence-corrected chi connectivity index (χ1v) is 5.39. The first-order chi connectivity index (χ1) is 7.70. The van der Waals surface area contributed by atoms with Gasteiger partial charge in [-0.25, -0.2) is 4.98 Å². The molecule has 0 saturated heterocycles. The minimum Gasteiger partial charge on any atom is -0.351 e. The molecule has 0 aliphatic rings. The van der Waals surface area contributed by atoms with E-state index in [0.717, 1.165) is 19.4 Å². The highest BCUT2D eigenvalue weighted by Gasteiger charge is 2.04. The van der Waals surface area contributed by atoms with Crippen LogP contribution in [0, 0.1) is 0 Å². The van der Waals surface area contributed by atoms with Crippen molar-refractivity contribution in [2.45, 2.75) is 12.8 Å². The molecule has 0 aliphatic carbocycles. The molecule has 16 heavy (non-hydrogen) atoms. The van der Waals surface area contributed by atoms with E-state index < -0.39 is 0 Å². The summed E-state index contributed by atoms with van der Waals surface area (Å²) in [5.41, 5.74) is 0.370. The number of hydrogen-bond donors (Lipinski definition) is 1. The first kappa shape index (κ1) is 12.6. The van der Waals surface area contributed by atoms with Gasteiger partial charge in [-0.1, -0.05) is 0 Å². The summed E-state index contributed by atoms with van der Waals surface area (Å²) in [7, 11) is 4.08. The molecule has 0 aromatic carbocycles. The topological polar surface area (TPSA) is 58.1 Å². The maximum Gasteiger partial charge on any atom is 0.271 e. The normalized spacial score (nSPS) is 10.4. The zero-order valence-corrected chi connectivity index (χ0v) is 9.81. The Bertz CT molecular complexity index is 313. The Balaban J connectivity index is 2.16. The van der Waals surface area contributed by atoms with E-state index in [2.05, 4.69) is 20.2 Å². The third-order valence-electron chi connectivity index (χ3n) is 2.11. The third-order valence-corrected chi connectivity index (χ3v) is 2.11. The highest BCUT2D eigenvalue weighted by atomic mass is 16.1. The zero-order chi connectivity index (χ0) is 11.8. The summed E-state index contributed by atoms with van der Waals surface area (Å²) in [5.74, 6) is -0.155. The molecule has 5 heteroatoms.